The van der Waals surface area contributed by atoms with Crippen LogP contribution < -0.4 is 4.90 Å². The second-order valence-electron chi connectivity index (χ2n) is 7.26. The van der Waals surface area contributed by atoms with Crippen LogP contribution in [-0.4, -0.2) is 46.1 Å². The van der Waals surface area contributed by atoms with Crippen LogP contribution >= 0.6 is 0 Å². The van der Waals surface area contributed by atoms with Crippen molar-refractivity contribution in [2.75, 3.05) is 18.0 Å². The van der Waals surface area contributed by atoms with Gasteiger partial charge in [0.25, 0.3) is 0 Å². The largest absolute Gasteiger partial charge is 0.355 e. The van der Waals surface area contributed by atoms with Gasteiger partial charge in [-0.2, -0.15) is 0 Å². The maximum atomic E-state index is 4.91. The van der Waals surface area contributed by atoms with Crippen LogP contribution in [0.3, 0.4) is 0 Å². The van der Waals surface area contributed by atoms with Gasteiger partial charge in [0.05, 0.1) is 11.4 Å². The fourth-order valence-electron chi connectivity index (χ4n) is 4.42. The molecule has 0 aliphatic carbocycles. The Kier molecular flexibility index (Phi) is 4.23. The quantitative estimate of drug-likeness (QED) is 0.864. The molecule has 0 saturated carbocycles. The molecule has 4 heterocycles. The zero-order valence-electron chi connectivity index (χ0n) is 14.6. The van der Waals surface area contributed by atoms with Crippen molar-refractivity contribution >= 4 is 5.82 Å². The molecule has 2 aliphatic heterocycles. The predicted molar refractivity (Wildman–Crippen MR) is 98.1 cm³/mol. The molecule has 2 saturated heterocycles. The highest BCUT2D eigenvalue weighted by atomic mass is 15.3. The first-order valence-corrected chi connectivity index (χ1v) is 9.13. The molecule has 4 rings (SSSR count). The van der Waals surface area contributed by atoms with Crippen molar-refractivity contribution in [3.63, 3.8) is 0 Å². The molecule has 0 spiro atoms. The maximum absolute atomic E-state index is 4.91. The lowest BCUT2D eigenvalue weighted by Gasteiger charge is -2.32. The van der Waals surface area contributed by atoms with Crippen LogP contribution in [0.2, 0.25) is 0 Å². The third-order valence-corrected chi connectivity index (χ3v) is 5.42. The Hall–Kier alpha value is -1.94. The van der Waals surface area contributed by atoms with E-state index in [0.717, 1.165) is 36.3 Å². The zero-order chi connectivity index (χ0) is 16.5. The average molecular weight is 322 g/mol. The van der Waals surface area contributed by atoms with Gasteiger partial charge in [0.15, 0.2) is 0 Å². The van der Waals surface area contributed by atoms with Crippen molar-refractivity contribution in [1.29, 1.82) is 0 Å². The molecule has 126 valence electrons. The van der Waals surface area contributed by atoms with Crippen LogP contribution in [0, 0.1) is 0 Å². The van der Waals surface area contributed by atoms with Gasteiger partial charge in [0.2, 0.25) is 0 Å². The molecule has 2 atom stereocenters. The van der Waals surface area contributed by atoms with Gasteiger partial charge < -0.3 is 4.90 Å². The highest BCUT2D eigenvalue weighted by Gasteiger charge is 2.38. The minimum Gasteiger partial charge on any atom is -0.355 e. The van der Waals surface area contributed by atoms with Crippen molar-refractivity contribution in [2.45, 2.75) is 51.2 Å². The van der Waals surface area contributed by atoms with Crippen LogP contribution in [0.4, 0.5) is 5.82 Å². The van der Waals surface area contributed by atoms with E-state index < -0.39 is 0 Å². The summed E-state index contributed by atoms with van der Waals surface area (Å²) in [6.45, 7) is 6.86. The molecule has 4 nitrogen and oxygen atoms in total. The lowest BCUT2D eigenvalue weighted by Crippen LogP contribution is -2.43. The summed E-state index contributed by atoms with van der Waals surface area (Å²) in [6, 6.07) is 14.3. The maximum Gasteiger partial charge on any atom is 0.129 e. The SMILES string of the molecule is CC(C)N1[C@H]2CC[C@H]1CN(c1cccc(-c3ccccn3)n1)CC2. The zero-order valence-corrected chi connectivity index (χ0v) is 14.6. The molecule has 2 aromatic heterocycles. The second-order valence-corrected chi connectivity index (χ2v) is 7.26. The van der Waals surface area contributed by atoms with Gasteiger partial charge in [-0.05, 0) is 57.4 Å². The third-order valence-electron chi connectivity index (χ3n) is 5.42. The van der Waals surface area contributed by atoms with Crippen molar-refractivity contribution in [3.8, 4) is 11.4 Å². The van der Waals surface area contributed by atoms with Crippen LogP contribution in [0.15, 0.2) is 42.6 Å². The molecule has 24 heavy (non-hydrogen) atoms. The van der Waals surface area contributed by atoms with Crippen LogP contribution in [0.25, 0.3) is 11.4 Å². The summed E-state index contributed by atoms with van der Waals surface area (Å²) >= 11 is 0. The molecule has 0 radical (unpaired) electrons. The first kappa shape index (κ1) is 15.6. The standard InChI is InChI=1S/C20H26N4/c1-15(2)24-16-9-10-17(24)14-23(13-11-16)20-8-5-7-19(22-20)18-6-3-4-12-21-18/h3-8,12,15-17H,9-11,13-14H2,1-2H3/t16-,17-/m0/s1. The molecule has 4 heteroatoms. The Bertz CT molecular complexity index is 685. The van der Waals surface area contributed by atoms with E-state index in [1.807, 2.05) is 24.4 Å². The van der Waals surface area contributed by atoms with E-state index >= 15 is 0 Å². The topological polar surface area (TPSA) is 32.3 Å². The van der Waals surface area contributed by atoms with Crippen LogP contribution in [0.5, 0.6) is 0 Å². The van der Waals surface area contributed by atoms with E-state index in [1.54, 1.807) is 0 Å². The van der Waals surface area contributed by atoms with Gasteiger partial charge in [-0.1, -0.05) is 12.1 Å². The number of fused-ring (bicyclic) bond motifs is 2. The van der Waals surface area contributed by atoms with Gasteiger partial charge in [0, 0.05) is 37.4 Å². The van der Waals surface area contributed by atoms with E-state index in [0.29, 0.717) is 12.1 Å². The smallest absolute Gasteiger partial charge is 0.129 e. The Morgan fingerprint density at radius 3 is 2.58 bits per heavy atom. The van der Waals surface area contributed by atoms with E-state index in [4.69, 9.17) is 4.98 Å². The molecule has 0 unspecified atom stereocenters. The molecule has 0 aromatic carbocycles. The Labute approximate surface area is 144 Å². The number of nitrogens with zero attached hydrogens (tertiary/aromatic N) is 4. The molecule has 2 fully saturated rings. The highest BCUT2D eigenvalue weighted by molar-refractivity contribution is 5.57. The van der Waals surface area contributed by atoms with E-state index in [-0.39, 0.29) is 0 Å². The minimum atomic E-state index is 0.635. The third kappa shape index (κ3) is 2.91. The van der Waals surface area contributed by atoms with Gasteiger partial charge in [-0.25, -0.2) is 4.98 Å². The minimum absolute atomic E-state index is 0.635. The van der Waals surface area contributed by atoms with Crippen molar-refractivity contribution in [3.05, 3.63) is 42.6 Å². The van der Waals surface area contributed by atoms with Crippen LogP contribution in [-0.2, 0) is 0 Å². The highest BCUT2D eigenvalue weighted by Crippen LogP contribution is 2.33. The van der Waals surface area contributed by atoms with Gasteiger partial charge in [0.1, 0.15) is 5.82 Å². The molecule has 0 N–H and O–H groups in total. The summed E-state index contributed by atoms with van der Waals surface area (Å²) in [5.74, 6) is 1.09. The normalized spacial score (nSPS) is 24.4. The number of hydrogen-bond donors (Lipinski definition) is 0. The Balaban J connectivity index is 1.59. The van der Waals surface area contributed by atoms with Crippen LogP contribution in [0.1, 0.15) is 33.1 Å². The summed E-state index contributed by atoms with van der Waals surface area (Å²) in [5.41, 5.74) is 1.91. The fraction of sp³-hybridized carbons (Fsp3) is 0.500. The fourth-order valence-corrected chi connectivity index (χ4v) is 4.42. The summed E-state index contributed by atoms with van der Waals surface area (Å²) < 4.78 is 0. The number of pyridine rings is 2. The van der Waals surface area contributed by atoms with Crippen molar-refractivity contribution in [2.24, 2.45) is 0 Å². The lowest BCUT2D eigenvalue weighted by molar-refractivity contribution is 0.158. The van der Waals surface area contributed by atoms with Gasteiger partial charge >= 0.3 is 0 Å². The summed E-state index contributed by atoms with van der Waals surface area (Å²) in [7, 11) is 0. The van der Waals surface area contributed by atoms with Crippen molar-refractivity contribution < 1.29 is 0 Å². The van der Waals surface area contributed by atoms with E-state index in [9.17, 15) is 0 Å². The number of anilines is 1. The summed E-state index contributed by atoms with van der Waals surface area (Å²) in [6.07, 6.45) is 5.75. The number of rotatable bonds is 3. The monoisotopic (exact) mass is 322 g/mol. The van der Waals surface area contributed by atoms with Gasteiger partial charge in [-0.3, -0.25) is 9.88 Å². The predicted octanol–water partition coefficient (Wildman–Crippen LogP) is 3.60. The second kappa shape index (κ2) is 6.52. The molecular formula is C20H26N4. The summed E-state index contributed by atoms with van der Waals surface area (Å²) in [4.78, 5) is 14.6. The first-order chi connectivity index (χ1) is 11.7. The first-order valence-electron chi connectivity index (χ1n) is 9.13. The number of hydrogen-bond acceptors (Lipinski definition) is 4. The molecular weight excluding hydrogens is 296 g/mol. The molecule has 2 aliphatic rings. The average Bonchev–Trinajstić information content (AvgIpc) is 2.90. The Morgan fingerprint density at radius 1 is 0.958 bits per heavy atom. The van der Waals surface area contributed by atoms with Crippen molar-refractivity contribution in [1.82, 2.24) is 14.9 Å². The van der Waals surface area contributed by atoms with Gasteiger partial charge in [-0.15, -0.1) is 0 Å². The molecule has 2 bridgehead atoms. The molecule has 0 amide bonds. The molecule has 2 aromatic rings. The number of aromatic nitrogens is 2. The lowest BCUT2D eigenvalue weighted by atomic mass is 10.1. The Morgan fingerprint density at radius 2 is 1.79 bits per heavy atom. The van der Waals surface area contributed by atoms with E-state index in [2.05, 4.69) is 46.8 Å². The van der Waals surface area contributed by atoms with E-state index in [1.165, 1.54) is 19.3 Å². The summed E-state index contributed by atoms with van der Waals surface area (Å²) in [5, 5.41) is 0.